The Morgan fingerprint density at radius 2 is 2.05 bits per heavy atom. The van der Waals surface area contributed by atoms with E-state index >= 15 is 0 Å². The molecule has 5 heteroatoms. The molecular formula is C14H19N3O2. The number of aromatic hydroxyl groups is 1. The zero-order valence-electron chi connectivity index (χ0n) is 11.2. The third-order valence-electron chi connectivity index (χ3n) is 3.11. The van der Waals surface area contributed by atoms with Crippen LogP contribution in [0.3, 0.4) is 0 Å². The van der Waals surface area contributed by atoms with E-state index in [2.05, 4.69) is 5.10 Å². The van der Waals surface area contributed by atoms with Crippen LogP contribution in [0.4, 0.5) is 0 Å². The number of benzene rings is 1. The third kappa shape index (κ3) is 2.42. The predicted molar refractivity (Wildman–Crippen MR) is 74.9 cm³/mol. The van der Waals surface area contributed by atoms with E-state index in [1.54, 1.807) is 24.3 Å². The number of rotatable bonds is 4. The van der Waals surface area contributed by atoms with Crippen molar-refractivity contribution in [3.63, 3.8) is 0 Å². The number of phenols is 1. The first-order valence-corrected chi connectivity index (χ1v) is 6.38. The minimum absolute atomic E-state index is 0.0699. The summed E-state index contributed by atoms with van der Waals surface area (Å²) in [5.41, 5.74) is 7.45. The number of nitrogens with one attached hydrogen (secondary N) is 1. The zero-order valence-corrected chi connectivity index (χ0v) is 11.2. The van der Waals surface area contributed by atoms with E-state index in [0.717, 1.165) is 5.69 Å². The lowest BCUT2D eigenvalue weighted by atomic mass is 10.0. The molecule has 2 rings (SSSR count). The molecule has 0 unspecified atom stereocenters. The van der Waals surface area contributed by atoms with Gasteiger partial charge in [-0.05, 0) is 31.0 Å². The van der Waals surface area contributed by atoms with Crippen LogP contribution in [0.25, 0.3) is 5.69 Å². The SMILES string of the molecule is CC(C)c1[nH]n(-c2ccccc2O)c(=O)c1CCN. The molecule has 1 aromatic heterocycles. The summed E-state index contributed by atoms with van der Waals surface area (Å²) in [6.45, 7) is 4.45. The van der Waals surface area contributed by atoms with Crippen molar-refractivity contribution in [3.05, 3.63) is 45.9 Å². The number of hydrogen-bond donors (Lipinski definition) is 3. The van der Waals surface area contributed by atoms with Crippen molar-refractivity contribution in [3.8, 4) is 11.4 Å². The van der Waals surface area contributed by atoms with Crippen molar-refractivity contribution in [1.82, 2.24) is 9.78 Å². The quantitative estimate of drug-likeness (QED) is 0.779. The van der Waals surface area contributed by atoms with Gasteiger partial charge in [0.05, 0.1) is 0 Å². The van der Waals surface area contributed by atoms with Gasteiger partial charge in [-0.1, -0.05) is 26.0 Å². The normalized spacial score (nSPS) is 11.2. The van der Waals surface area contributed by atoms with Crippen LogP contribution >= 0.6 is 0 Å². The molecule has 1 aromatic carbocycles. The number of para-hydroxylation sites is 2. The average molecular weight is 261 g/mol. The van der Waals surface area contributed by atoms with Crippen molar-refractivity contribution in [2.45, 2.75) is 26.2 Å². The molecule has 0 aliphatic carbocycles. The van der Waals surface area contributed by atoms with Gasteiger partial charge in [0.25, 0.3) is 5.56 Å². The first-order chi connectivity index (χ1) is 9.06. The van der Waals surface area contributed by atoms with Gasteiger partial charge in [0.15, 0.2) is 0 Å². The largest absolute Gasteiger partial charge is 0.506 e. The predicted octanol–water partition coefficient (Wildman–Crippen LogP) is 1.50. The van der Waals surface area contributed by atoms with Crippen LogP contribution in [-0.2, 0) is 6.42 Å². The number of nitrogens with zero attached hydrogens (tertiary/aromatic N) is 1. The molecule has 0 radical (unpaired) electrons. The smallest absolute Gasteiger partial charge is 0.274 e. The highest BCUT2D eigenvalue weighted by atomic mass is 16.3. The van der Waals surface area contributed by atoms with Gasteiger partial charge in [-0.2, -0.15) is 0 Å². The highest BCUT2D eigenvalue weighted by Gasteiger charge is 2.17. The molecule has 0 fully saturated rings. The summed E-state index contributed by atoms with van der Waals surface area (Å²) in [5.74, 6) is 0.266. The van der Waals surface area contributed by atoms with E-state index in [-0.39, 0.29) is 17.2 Å². The zero-order chi connectivity index (χ0) is 14.0. The molecule has 0 aliphatic heterocycles. The summed E-state index contributed by atoms with van der Waals surface area (Å²) in [6, 6.07) is 6.75. The second-order valence-electron chi connectivity index (χ2n) is 4.83. The topological polar surface area (TPSA) is 84.0 Å². The molecule has 19 heavy (non-hydrogen) atoms. The van der Waals surface area contributed by atoms with Crippen molar-refractivity contribution >= 4 is 0 Å². The van der Waals surface area contributed by atoms with Crippen molar-refractivity contribution in [1.29, 1.82) is 0 Å². The summed E-state index contributed by atoms with van der Waals surface area (Å²) in [4.78, 5) is 12.4. The lowest BCUT2D eigenvalue weighted by Gasteiger charge is -2.05. The van der Waals surface area contributed by atoms with Crippen LogP contribution in [0.5, 0.6) is 5.75 Å². The maximum Gasteiger partial charge on any atom is 0.274 e. The van der Waals surface area contributed by atoms with Crippen LogP contribution in [-0.4, -0.2) is 21.4 Å². The number of hydrogen-bond acceptors (Lipinski definition) is 3. The number of aromatic nitrogens is 2. The van der Waals surface area contributed by atoms with Crippen molar-refractivity contribution < 1.29 is 5.11 Å². The highest BCUT2D eigenvalue weighted by molar-refractivity contribution is 5.45. The Kier molecular flexibility index (Phi) is 3.76. The van der Waals surface area contributed by atoms with Crippen LogP contribution in [0, 0.1) is 0 Å². The van der Waals surface area contributed by atoms with Crippen LogP contribution in [0.2, 0.25) is 0 Å². The fourth-order valence-electron chi connectivity index (χ4n) is 2.18. The standard InChI is InChI=1S/C14H19N3O2/c1-9(2)13-10(7-8-15)14(19)17(16-13)11-5-3-4-6-12(11)18/h3-6,9,16,18H,7-8,15H2,1-2H3. The molecule has 0 aliphatic rings. The molecule has 0 saturated carbocycles. The minimum Gasteiger partial charge on any atom is -0.506 e. The van der Waals surface area contributed by atoms with E-state index in [0.29, 0.717) is 24.2 Å². The molecule has 0 amide bonds. The van der Waals surface area contributed by atoms with E-state index < -0.39 is 0 Å². The van der Waals surface area contributed by atoms with Gasteiger partial charge in [0.2, 0.25) is 0 Å². The summed E-state index contributed by atoms with van der Waals surface area (Å²) in [5, 5.41) is 12.9. The number of H-pyrrole nitrogens is 1. The van der Waals surface area contributed by atoms with Crippen molar-refractivity contribution in [2.75, 3.05) is 6.54 Å². The van der Waals surface area contributed by atoms with Gasteiger partial charge in [-0.15, -0.1) is 0 Å². The Morgan fingerprint density at radius 1 is 1.37 bits per heavy atom. The van der Waals surface area contributed by atoms with Gasteiger partial charge < -0.3 is 10.8 Å². The molecular weight excluding hydrogens is 242 g/mol. The Labute approximate surface area is 111 Å². The number of nitrogens with two attached hydrogens (primary N) is 1. The van der Waals surface area contributed by atoms with Gasteiger partial charge in [0.1, 0.15) is 11.4 Å². The second-order valence-corrected chi connectivity index (χ2v) is 4.83. The average Bonchev–Trinajstić information content (AvgIpc) is 2.69. The third-order valence-corrected chi connectivity index (χ3v) is 3.11. The molecule has 2 aromatic rings. The summed E-state index contributed by atoms with van der Waals surface area (Å²) < 4.78 is 1.38. The number of aromatic amines is 1. The fraction of sp³-hybridized carbons (Fsp3) is 0.357. The first kappa shape index (κ1) is 13.4. The lowest BCUT2D eigenvalue weighted by Crippen LogP contribution is -2.19. The monoisotopic (exact) mass is 261 g/mol. The Hall–Kier alpha value is -2.01. The minimum atomic E-state index is -0.143. The molecule has 5 nitrogen and oxygen atoms in total. The van der Waals surface area contributed by atoms with Crippen LogP contribution in [0.15, 0.2) is 29.1 Å². The fourth-order valence-corrected chi connectivity index (χ4v) is 2.18. The van der Waals surface area contributed by atoms with E-state index in [9.17, 15) is 9.90 Å². The first-order valence-electron chi connectivity index (χ1n) is 6.38. The van der Waals surface area contributed by atoms with E-state index in [1.807, 2.05) is 13.8 Å². The Morgan fingerprint density at radius 3 is 2.63 bits per heavy atom. The molecule has 1 heterocycles. The van der Waals surface area contributed by atoms with Gasteiger partial charge in [-0.25, -0.2) is 4.68 Å². The summed E-state index contributed by atoms with van der Waals surface area (Å²) in [6.07, 6.45) is 0.531. The molecule has 0 bridgehead atoms. The van der Waals surface area contributed by atoms with E-state index in [4.69, 9.17) is 5.73 Å². The molecule has 0 atom stereocenters. The number of phenolic OH excluding ortho intramolecular Hbond substituents is 1. The molecule has 4 N–H and O–H groups in total. The second kappa shape index (κ2) is 5.32. The van der Waals surface area contributed by atoms with Gasteiger partial charge >= 0.3 is 0 Å². The molecule has 0 spiro atoms. The Bertz CT molecular complexity index is 626. The van der Waals surface area contributed by atoms with Crippen molar-refractivity contribution in [2.24, 2.45) is 5.73 Å². The van der Waals surface area contributed by atoms with Gasteiger partial charge in [-0.3, -0.25) is 9.89 Å². The van der Waals surface area contributed by atoms with Gasteiger partial charge in [0, 0.05) is 11.3 Å². The molecule has 102 valence electrons. The highest BCUT2D eigenvalue weighted by Crippen LogP contribution is 2.21. The van der Waals surface area contributed by atoms with Crippen LogP contribution in [0.1, 0.15) is 31.0 Å². The Balaban J connectivity index is 2.63. The maximum atomic E-state index is 12.4. The summed E-state index contributed by atoms with van der Waals surface area (Å²) in [7, 11) is 0. The molecule has 0 saturated heterocycles. The lowest BCUT2D eigenvalue weighted by molar-refractivity contribution is 0.469. The van der Waals surface area contributed by atoms with E-state index in [1.165, 1.54) is 4.68 Å². The summed E-state index contributed by atoms with van der Waals surface area (Å²) >= 11 is 0. The van der Waals surface area contributed by atoms with Crippen LogP contribution < -0.4 is 11.3 Å². The maximum absolute atomic E-state index is 12.4.